The van der Waals surface area contributed by atoms with E-state index < -0.39 is 0 Å². The van der Waals surface area contributed by atoms with Crippen LogP contribution in [0.15, 0.2) is 35.3 Å². The lowest BCUT2D eigenvalue weighted by molar-refractivity contribution is 0.368. The molecule has 0 aliphatic carbocycles. The first kappa shape index (κ1) is 21.3. The molecule has 152 valence electrons. The Balaban J connectivity index is 1.96. The second-order valence-electron chi connectivity index (χ2n) is 6.20. The van der Waals surface area contributed by atoms with Crippen LogP contribution in [0.4, 0.5) is 4.39 Å². The minimum Gasteiger partial charge on any atom is -0.496 e. The fraction of sp³-hybridized carbons (Fsp3) is 0.381. The summed E-state index contributed by atoms with van der Waals surface area (Å²) in [6.45, 7) is 2.93. The van der Waals surface area contributed by atoms with Crippen LogP contribution in [0.3, 0.4) is 0 Å². The maximum Gasteiger partial charge on any atom is 0.191 e. The summed E-state index contributed by atoms with van der Waals surface area (Å²) in [6.07, 6.45) is 0.673. The lowest BCUT2D eigenvalue weighted by Crippen LogP contribution is -2.37. The molecular formula is C21H28FN3O3. The highest BCUT2D eigenvalue weighted by Gasteiger charge is 2.13. The van der Waals surface area contributed by atoms with Gasteiger partial charge in [0, 0.05) is 37.8 Å². The molecule has 0 bridgehead atoms. The average molecular weight is 389 g/mol. The summed E-state index contributed by atoms with van der Waals surface area (Å²) in [7, 11) is 6.56. The number of guanidine groups is 1. The van der Waals surface area contributed by atoms with E-state index in [1.165, 1.54) is 6.07 Å². The highest BCUT2D eigenvalue weighted by molar-refractivity contribution is 5.79. The topological polar surface area (TPSA) is 64.1 Å². The summed E-state index contributed by atoms with van der Waals surface area (Å²) in [5.74, 6) is 2.56. The number of rotatable bonds is 8. The lowest BCUT2D eigenvalue weighted by Gasteiger charge is -2.16. The predicted molar refractivity (Wildman–Crippen MR) is 109 cm³/mol. The summed E-state index contributed by atoms with van der Waals surface area (Å²) < 4.78 is 29.6. The zero-order valence-corrected chi connectivity index (χ0v) is 17.1. The van der Waals surface area contributed by atoms with Gasteiger partial charge in [0.2, 0.25) is 0 Å². The number of nitrogens with zero attached hydrogens (tertiary/aromatic N) is 1. The Morgan fingerprint density at radius 2 is 1.68 bits per heavy atom. The van der Waals surface area contributed by atoms with E-state index in [2.05, 4.69) is 15.6 Å². The van der Waals surface area contributed by atoms with E-state index >= 15 is 0 Å². The van der Waals surface area contributed by atoms with Crippen LogP contribution in [0.2, 0.25) is 0 Å². The molecule has 0 unspecified atom stereocenters. The summed E-state index contributed by atoms with van der Waals surface area (Å²) in [5, 5.41) is 6.50. The lowest BCUT2D eigenvalue weighted by atomic mass is 10.1. The largest absolute Gasteiger partial charge is 0.496 e. The number of ether oxygens (including phenoxy) is 3. The van der Waals surface area contributed by atoms with Gasteiger partial charge in [0.05, 0.1) is 21.3 Å². The molecule has 0 amide bonds. The fourth-order valence-corrected chi connectivity index (χ4v) is 2.85. The van der Waals surface area contributed by atoms with Gasteiger partial charge in [0.1, 0.15) is 23.1 Å². The number of hydrogen-bond donors (Lipinski definition) is 2. The molecule has 0 atom stereocenters. The Kier molecular flexibility index (Phi) is 7.92. The van der Waals surface area contributed by atoms with E-state index in [-0.39, 0.29) is 5.82 Å². The molecule has 0 saturated carbocycles. The van der Waals surface area contributed by atoms with Gasteiger partial charge in [-0.15, -0.1) is 0 Å². The van der Waals surface area contributed by atoms with Crippen LogP contribution in [-0.4, -0.2) is 40.9 Å². The number of aryl methyl sites for hydroxylation is 1. The minimum absolute atomic E-state index is 0.200. The summed E-state index contributed by atoms with van der Waals surface area (Å²) >= 11 is 0. The normalized spacial score (nSPS) is 11.1. The van der Waals surface area contributed by atoms with Crippen molar-refractivity contribution in [2.45, 2.75) is 19.9 Å². The molecule has 0 aliphatic heterocycles. The molecule has 0 fully saturated rings. The molecule has 0 radical (unpaired) electrons. The second-order valence-corrected chi connectivity index (χ2v) is 6.20. The number of hydrogen-bond acceptors (Lipinski definition) is 4. The van der Waals surface area contributed by atoms with Crippen molar-refractivity contribution < 1.29 is 18.6 Å². The molecule has 0 heterocycles. The predicted octanol–water partition coefficient (Wildman–Crippen LogP) is 3.07. The number of nitrogens with one attached hydrogen (secondary N) is 2. The second kappa shape index (κ2) is 10.4. The van der Waals surface area contributed by atoms with Crippen molar-refractivity contribution in [3.8, 4) is 17.2 Å². The number of aliphatic imine (C=N–C) groups is 1. The highest BCUT2D eigenvalue weighted by atomic mass is 19.1. The molecule has 2 rings (SSSR count). The first-order valence-electron chi connectivity index (χ1n) is 9.00. The van der Waals surface area contributed by atoms with Gasteiger partial charge in [-0.25, -0.2) is 4.39 Å². The third-order valence-corrected chi connectivity index (χ3v) is 4.39. The van der Waals surface area contributed by atoms with E-state index in [1.807, 2.05) is 18.2 Å². The van der Waals surface area contributed by atoms with Crippen molar-refractivity contribution in [3.05, 3.63) is 52.8 Å². The van der Waals surface area contributed by atoms with Gasteiger partial charge in [-0.2, -0.15) is 0 Å². The molecule has 0 saturated heterocycles. The Hall–Kier alpha value is -2.96. The maximum atomic E-state index is 13.4. The van der Waals surface area contributed by atoms with Crippen LogP contribution < -0.4 is 24.8 Å². The molecular weight excluding hydrogens is 361 g/mol. The number of methoxy groups -OCH3 is 3. The third-order valence-electron chi connectivity index (χ3n) is 4.39. The molecule has 0 aromatic heterocycles. The molecule has 2 aromatic carbocycles. The van der Waals surface area contributed by atoms with Gasteiger partial charge < -0.3 is 24.8 Å². The summed E-state index contributed by atoms with van der Waals surface area (Å²) in [4.78, 5) is 4.22. The van der Waals surface area contributed by atoms with Gasteiger partial charge in [-0.05, 0) is 30.5 Å². The van der Waals surface area contributed by atoms with E-state index in [4.69, 9.17) is 14.2 Å². The molecule has 2 N–H and O–H groups in total. The zero-order chi connectivity index (χ0) is 20.5. The quantitative estimate of drug-likeness (QED) is 0.537. The van der Waals surface area contributed by atoms with Crippen LogP contribution in [0.25, 0.3) is 0 Å². The maximum absolute atomic E-state index is 13.4. The van der Waals surface area contributed by atoms with Gasteiger partial charge in [0.15, 0.2) is 5.96 Å². The van der Waals surface area contributed by atoms with Crippen LogP contribution in [0, 0.1) is 12.7 Å². The van der Waals surface area contributed by atoms with Crippen molar-refractivity contribution >= 4 is 5.96 Å². The average Bonchev–Trinajstić information content (AvgIpc) is 2.72. The van der Waals surface area contributed by atoms with Crippen LogP contribution >= 0.6 is 0 Å². The molecule has 0 spiro atoms. The van der Waals surface area contributed by atoms with Crippen molar-refractivity contribution in [2.75, 3.05) is 34.9 Å². The molecule has 28 heavy (non-hydrogen) atoms. The minimum atomic E-state index is -0.200. The van der Waals surface area contributed by atoms with Gasteiger partial charge in [-0.1, -0.05) is 12.1 Å². The van der Waals surface area contributed by atoms with E-state index in [9.17, 15) is 4.39 Å². The zero-order valence-electron chi connectivity index (χ0n) is 17.1. The van der Waals surface area contributed by atoms with Gasteiger partial charge in [0.25, 0.3) is 0 Å². The molecule has 6 nitrogen and oxygen atoms in total. The van der Waals surface area contributed by atoms with Crippen molar-refractivity contribution in [1.29, 1.82) is 0 Å². The van der Waals surface area contributed by atoms with Crippen molar-refractivity contribution in [3.63, 3.8) is 0 Å². The van der Waals surface area contributed by atoms with E-state index in [0.29, 0.717) is 48.3 Å². The van der Waals surface area contributed by atoms with E-state index in [1.54, 1.807) is 41.4 Å². The molecule has 7 heteroatoms. The van der Waals surface area contributed by atoms with Crippen LogP contribution in [0.1, 0.15) is 16.7 Å². The first-order chi connectivity index (χ1) is 13.5. The standard InChI is InChI=1S/C21H28FN3O3/c1-14-10-15(6-7-18(14)22)13-25-21(23-2)24-9-8-17-19(27-4)11-16(26-3)12-20(17)28-5/h6-7,10-12H,8-9,13H2,1-5H3,(H2,23,24,25). The monoisotopic (exact) mass is 389 g/mol. The Morgan fingerprint density at radius 1 is 1.00 bits per heavy atom. The Labute approximate surface area is 165 Å². The Morgan fingerprint density at radius 3 is 2.21 bits per heavy atom. The smallest absolute Gasteiger partial charge is 0.191 e. The van der Waals surface area contributed by atoms with Crippen LogP contribution in [0.5, 0.6) is 17.2 Å². The molecule has 0 aliphatic rings. The van der Waals surface area contributed by atoms with Crippen LogP contribution in [-0.2, 0) is 13.0 Å². The van der Waals surface area contributed by atoms with Crippen molar-refractivity contribution in [2.24, 2.45) is 4.99 Å². The third kappa shape index (κ3) is 5.52. The van der Waals surface area contributed by atoms with Gasteiger partial charge >= 0.3 is 0 Å². The Bertz CT molecular complexity index is 800. The summed E-state index contributed by atoms with van der Waals surface area (Å²) in [6, 6.07) is 8.73. The number of benzene rings is 2. The van der Waals surface area contributed by atoms with Crippen molar-refractivity contribution in [1.82, 2.24) is 10.6 Å². The highest BCUT2D eigenvalue weighted by Crippen LogP contribution is 2.34. The SMILES string of the molecule is CN=C(NCCc1c(OC)cc(OC)cc1OC)NCc1ccc(F)c(C)c1. The fourth-order valence-electron chi connectivity index (χ4n) is 2.85. The first-order valence-corrected chi connectivity index (χ1v) is 9.00. The number of halogens is 1. The summed E-state index contributed by atoms with van der Waals surface area (Å²) in [5.41, 5.74) is 2.56. The molecule has 2 aromatic rings. The van der Waals surface area contributed by atoms with E-state index in [0.717, 1.165) is 11.1 Å². The van der Waals surface area contributed by atoms with Gasteiger partial charge in [-0.3, -0.25) is 4.99 Å².